The number of amides is 1. The molecule has 0 saturated heterocycles. The van der Waals surface area contributed by atoms with Gasteiger partial charge in [-0.05, 0) is 43.0 Å². The number of nitrogens with zero attached hydrogens (tertiary/aromatic N) is 3. The Kier molecular flexibility index (Phi) is 4.41. The topological polar surface area (TPSA) is 119 Å². The van der Waals surface area contributed by atoms with Gasteiger partial charge in [-0.2, -0.15) is 4.57 Å². The summed E-state index contributed by atoms with van der Waals surface area (Å²) >= 11 is 0. The van der Waals surface area contributed by atoms with Gasteiger partial charge in [-0.25, -0.2) is 0 Å². The number of carbonyl (C=O) groups is 1. The Balaban J connectivity index is 1.41. The zero-order valence-electron chi connectivity index (χ0n) is 16.5. The number of ether oxygens (including phenoxy) is 2. The number of nitrogen functional groups attached to an aromatic ring is 1. The molecule has 3 aromatic rings. The second-order valence-corrected chi connectivity index (χ2v) is 7.67. The van der Waals surface area contributed by atoms with Gasteiger partial charge in [-0.3, -0.25) is 4.79 Å². The highest BCUT2D eigenvalue weighted by molar-refractivity contribution is 5.81. The summed E-state index contributed by atoms with van der Waals surface area (Å²) in [5.41, 5.74) is 8.80. The monoisotopic (exact) mass is 413 g/mol. The van der Waals surface area contributed by atoms with E-state index in [1.165, 1.54) is 4.57 Å². The molecule has 1 aliphatic heterocycles. The highest BCUT2D eigenvalue weighted by atomic mass is 19.1. The number of halogens is 1. The molecule has 5 rings (SSSR count). The average molecular weight is 413 g/mol. The maximum atomic E-state index is 14.5. The second-order valence-electron chi connectivity index (χ2n) is 7.67. The summed E-state index contributed by atoms with van der Waals surface area (Å²) in [4.78, 5) is 23.3. The molecule has 156 valence electrons. The minimum Gasteiger partial charge on any atom is -0.454 e. The fraction of sp³-hybridized carbons (Fsp3) is 0.400. The van der Waals surface area contributed by atoms with Crippen molar-refractivity contribution >= 4 is 22.9 Å². The number of H-pyrrole nitrogens is 1. The van der Waals surface area contributed by atoms with Crippen LogP contribution < -0.4 is 25.1 Å². The number of hydrogen-bond acceptors (Lipinski definition) is 6. The molecule has 4 N–H and O–H groups in total. The highest BCUT2D eigenvalue weighted by Crippen LogP contribution is 2.35. The van der Waals surface area contributed by atoms with Crippen LogP contribution in [-0.2, 0) is 17.8 Å². The van der Waals surface area contributed by atoms with E-state index in [1.54, 1.807) is 0 Å². The van der Waals surface area contributed by atoms with Crippen LogP contribution in [0.15, 0.2) is 12.1 Å². The fourth-order valence-electron chi connectivity index (χ4n) is 3.61. The lowest BCUT2D eigenvalue weighted by Gasteiger charge is -2.05. The molecule has 1 aliphatic carbocycles. The van der Waals surface area contributed by atoms with Crippen LogP contribution in [0.5, 0.6) is 11.5 Å². The number of nitrogens with one attached hydrogen (secondary N) is 2. The first kappa shape index (κ1) is 18.6. The first-order valence-corrected chi connectivity index (χ1v) is 9.90. The Morgan fingerprint density at radius 3 is 2.87 bits per heavy atom. The van der Waals surface area contributed by atoms with Crippen molar-refractivity contribution in [3.63, 3.8) is 0 Å². The molecule has 0 spiro atoms. The molecule has 2 aliphatic rings. The number of carbonyl (C=O) groups excluding carboxylic acids is 1. The SMILES string of the molecule is Cc1cc2c(cc1Cc1nc3c([nH]1)c(N)nc(F)[n+]3CCNC(=O)C1CC1)OCO2. The molecule has 0 radical (unpaired) electrons. The van der Waals surface area contributed by atoms with Crippen molar-refractivity contribution in [3.8, 4) is 11.5 Å². The lowest BCUT2D eigenvalue weighted by Crippen LogP contribution is -2.45. The molecule has 9 nitrogen and oxygen atoms in total. The van der Waals surface area contributed by atoms with E-state index in [4.69, 9.17) is 15.2 Å². The van der Waals surface area contributed by atoms with Gasteiger partial charge in [0, 0.05) is 18.9 Å². The number of hydrogen-bond donors (Lipinski definition) is 3. The molecular weight excluding hydrogens is 391 g/mol. The normalized spacial score (nSPS) is 15.0. The number of rotatable bonds is 6. The number of aromatic nitrogens is 4. The van der Waals surface area contributed by atoms with Gasteiger partial charge < -0.3 is 25.5 Å². The lowest BCUT2D eigenvalue weighted by atomic mass is 10.0. The van der Waals surface area contributed by atoms with Crippen LogP contribution in [0.3, 0.4) is 0 Å². The van der Waals surface area contributed by atoms with Crippen molar-refractivity contribution in [2.45, 2.75) is 32.7 Å². The number of nitrogens with two attached hydrogens (primary N) is 1. The van der Waals surface area contributed by atoms with Gasteiger partial charge in [0.15, 0.2) is 22.8 Å². The summed E-state index contributed by atoms with van der Waals surface area (Å²) in [5.74, 6) is 2.20. The molecule has 2 aromatic heterocycles. The van der Waals surface area contributed by atoms with Crippen molar-refractivity contribution in [1.82, 2.24) is 20.3 Å². The maximum absolute atomic E-state index is 14.5. The highest BCUT2D eigenvalue weighted by Gasteiger charge is 2.30. The third-order valence-electron chi connectivity index (χ3n) is 5.45. The van der Waals surface area contributed by atoms with E-state index in [-0.39, 0.29) is 31.0 Å². The minimum atomic E-state index is -0.738. The smallest absolute Gasteiger partial charge is 0.425 e. The van der Waals surface area contributed by atoms with Crippen LogP contribution in [0.1, 0.15) is 29.8 Å². The Morgan fingerprint density at radius 2 is 2.10 bits per heavy atom. The summed E-state index contributed by atoms with van der Waals surface area (Å²) < 4.78 is 26.7. The van der Waals surface area contributed by atoms with E-state index in [2.05, 4.69) is 20.3 Å². The number of aryl methyl sites for hydroxylation is 1. The third-order valence-corrected chi connectivity index (χ3v) is 5.45. The first-order chi connectivity index (χ1) is 14.5. The number of imidazole rings is 1. The van der Waals surface area contributed by atoms with Crippen molar-refractivity contribution in [2.24, 2.45) is 5.92 Å². The molecule has 1 fully saturated rings. The standard InChI is InChI=1S/C20H21FN6O3/c1-10-6-13-14(30-9-29-13)7-12(10)8-15-24-16-17(22)26-20(21)27(18(16)25-15)5-4-23-19(28)11-2-3-11/h6-7,11H,2-5,8-9H2,1H3,(H3,22,23,24,25,28)/p+1. The van der Waals surface area contributed by atoms with E-state index in [0.717, 1.165) is 29.7 Å². The summed E-state index contributed by atoms with van der Waals surface area (Å²) in [6.07, 6.45) is 1.58. The van der Waals surface area contributed by atoms with E-state index in [9.17, 15) is 9.18 Å². The molecule has 3 heterocycles. The largest absolute Gasteiger partial charge is 0.454 e. The Morgan fingerprint density at radius 1 is 1.33 bits per heavy atom. The van der Waals surface area contributed by atoms with Gasteiger partial charge in [-0.15, -0.1) is 4.39 Å². The third kappa shape index (κ3) is 3.38. The molecule has 10 heteroatoms. The van der Waals surface area contributed by atoms with Gasteiger partial charge in [0.2, 0.25) is 18.5 Å². The molecule has 0 unspecified atom stereocenters. The Bertz CT molecular complexity index is 1160. The van der Waals surface area contributed by atoms with Crippen LogP contribution in [-0.4, -0.2) is 34.2 Å². The molecule has 1 saturated carbocycles. The van der Waals surface area contributed by atoms with Gasteiger partial charge in [0.1, 0.15) is 0 Å². The zero-order chi connectivity index (χ0) is 20.8. The number of aromatic amines is 1. The van der Waals surface area contributed by atoms with Crippen LogP contribution in [0, 0.1) is 18.9 Å². The van der Waals surface area contributed by atoms with Crippen LogP contribution in [0.2, 0.25) is 0 Å². The quantitative estimate of drug-likeness (QED) is 0.412. The van der Waals surface area contributed by atoms with Gasteiger partial charge >= 0.3 is 6.08 Å². The minimum absolute atomic E-state index is 0.0108. The molecule has 0 bridgehead atoms. The number of fused-ring (bicyclic) bond motifs is 2. The summed E-state index contributed by atoms with van der Waals surface area (Å²) in [6, 6.07) is 3.85. The lowest BCUT2D eigenvalue weighted by molar-refractivity contribution is -0.702. The van der Waals surface area contributed by atoms with Crippen molar-refractivity contribution in [2.75, 3.05) is 19.1 Å². The zero-order valence-corrected chi connectivity index (χ0v) is 16.5. The molecule has 1 amide bonds. The Hall–Kier alpha value is -3.43. The molecule has 1 aromatic carbocycles. The molecular formula is C20H22FN6O3+. The summed E-state index contributed by atoms with van der Waals surface area (Å²) in [5, 5.41) is 2.83. The Labute approximate surface area is 171 Å². The van der Waals surface area contributed by atoms with Crippen molar-refractivity contribution in [1.29, 1.82) is 0 Å². The van der Waals surface area contributed by atoms with E-state index >= 15 is 0 Å². The van der Waals surface area contributed by atoms with Gasteiger partial charge in [0.05, 0.1) is 6.54 Å². The summed E-state index contributed by atoms with van der Waals surface area (Å²) in [7, 11) is 0. The first-order valence-electron chi connectivity index (χ1n) is 9.90. The average Bonchev–Trinajstić information content (AvgIpc) is 3.33. The van der Waals surface area contributed by atoms with E-state index in [0.29, 0.717) is 35.7 Å². The second kappa shape index (κ2) is 7.12. The number of benzene rings is 1. The summed E-state index contributed by atoms with van der Waals surface area (Å²) in [6.45, 7) is 2.70. The van der Waals surface area contributed by atoms with E-state index < -0.39 is 6.08 Å². The molecule has 0 atom stereocenters. The van der Waals surface area contributed by atoms with Crippen LogP contribution >= 0.6 is 0 Å². The predicted octanol–water partition coefficient (Wildman–Crippen LogP) is 1.12. The van der Waals surface area contributed by atoms with Crippen LogP contribution in [0.25, 0.3) is 11.2 Å². The van der Waals surface area contributed by atoms with Crippen molar-refractivity contribution < 1.29 is 23.2 Å². The van der Waals surface area contributed by atoms with Gasteiger partial charge in [-0.1, -0.05) is 9.97 Å². The van der Waals surface area contributed by atoms with Gasteiger partial charge in [0.25, 0.3) is 5.65 Å². The maximum Gasteiger partial charge on any atom is 0.425 e. The van der Waals surface area contributed by atoms with Crippen LogP contribution in [0.4, 0.5) is 10.2 Å². The number of anilines is 1. The molecule has 30 heavy (non-hydrogen) atoms. The van der Waals surface area contributed by atoms with E-state index in [1.807, 2.05) is 19.1 Å². The fourth-order valence-corrected chi connectivity index (χ4v) is 3.61. The predicted molar refractivity (Wildman–Crippen MR) is 104 cm³/mol. The van der Waals surface area contributed by atoms with Crippen molar-refractivity contribution in [3.05, 3.63) is 35.2 Å².